The van der Waals surface area contributed by atoms with Crippen LogP contribution in [0.3, 0.4) is 0 Å². The highest BCUT2D eigenvalue weighted by Gasteiger charge is 2.59. The Morgan fingerprint density at radius 3 is 2.70 bits per heavy atom. The fourth-order valence-corrected chi connectivity index (χ4v) is 4.32. The zero-order chi connectivity index (χ0) is 19.2. The number of nitrogens with one attached hydrogen (secondary N) is 1. The van der Waals surface area contributed by atoms with E-state index in [9.17, 15) is 14.4 Å². The van der Waals surface area contributed by atoms with E-state index in [0.29, 0.717) is 16.9 Å². The molecule has 2 heterocycles. The number of hydrogen-bond donors (Lipinski definition) is 1. The highest BCUT2D eigenvalue weighted by atomic mass is 32.2. The highest BCUT2D eigenvalue weighted by molar-refractivity contribution is 7.98. The largest absolute Gasteiger partial charge is 0.322 e. The van der Waals surface area contributed by atoms with E-state index in [2.05, 4.69) is 5.32 Å². The second-order valence-electron chi connectivity index (χ2n) is 6.61. The minimum Gasteiger partial charge on any atom is -0.322 e. The zero-order valence-electron chi connectivity index (χ0n) is 15.1. The molecule has 2 aromatic carbocycles. The van der Waals surface area contributed by atoms with Crippen molar-refractivity contribution in [3.63, 3.8) is 0 Å². The molecule has 6 nitrogen and oxygen atoms in total. The molecule has 0 bridgehead atoms. The number of hydrogen-bond acceptors (Lipinski definition) is 4. The van der Waals surface area contributed by atoms with Crippen LogP contribution in [-0.2, 0) is 9.59 Å². The van der Waals surface area contributed by atoms with Gasteiger partial charge in [0.25, 0.3) is 11.8 Å². The lowest BCUT2D eigenvalue weighted by Gasteiger charge is -2.47. The molecule has 1 N–H and O–H groups in total. The van der Waals surface area contributed by atoms with Crippen LogP contribution in [0.2, 0.25) is 0 Å². The molecule has 1 saturated heterocycles. The van der Waals surface area contributed by atoms with Crippen LogP contribution in [0.1, 0.15) is 23.2 Å². The van der Waals surface area contributed by atoms with Crippen molar-refractivity contribution in [1.29, 1.82) is 0 Å². The fourth-order valence-electron chi connectivity index (χ4n) is 3.86. The van der Waals surface area contributed by atoms with Crippen LogP contribution < -0.4 is 10.2 Å². The number of thioether (sulfide) groups is 1. The number of carbonyl (C=O) groups is 3. The van der Waals surface area contributed by atoms with Crippen LogP contribution >= 0.6 is 11.8 Å². The summed E-state index contributed by atoms with van der Waals surface area (Å²) in [4.78, 5) is 42.9. The summed E-state index contributed by atoms with van der Waals surface area (Å²) >= 11 is 1.58. The Bertz CT molecular complexity index is 961. The van der Waals surface area contributed by atoms with E-state index in [1.165, 1.54) is 9.80 Å². The molecule has 0 saturated carbocycles. The standard InChI is InChI=1S/C20H19N3O3S/c1-22-18(25)15-8-3-4-9-16(15)23-17(24)10-11-20(22,23)19(26)21-13-6-5-7-14(12-13)27-2/h3-9,12H,10-11H2,1-2H3,(H,21,26)/t20-/m1/s1. The first-order valence-electron chi connectivity index (χ1n) is 8.65. The highest BCUT2D eigenvalue weighted by Crippen LogP contribution is 2.44. The number of carbonyl (C=O) groups excluding carboxylic acids is 3. The van der Waals surface area contributed by atoms with Crippen LogP contribution in [0.5, 0.6) is 0 Å². The van der Waals surface area contributed by atoms with Crippen molar-refractivity contribution in [3.8, 4) is 0 Å². The van der Waals surface area contributed by atoms with Crippen molar-refractivity contribution < 1.29 is 14.4 Å². The Morgan fingerprint density at radius 1 is 1.15 bits per heavy atom. The Labute approximate surface area is 161 Å². The minimum absolute atomic E-state index is 0.158. The molecule has 4 rings (SSSR count). The van der Waals surface area contributed by atoms with Gasteiger partial charge in [-0.15, -0.1) is 11.8 Å². The zero-order valence-corrected chi connectivity index (χ0v) is 15.9. The summed E-state index contributed by atoms with van der Waals surface area (Å²) < 4.78 is 0. The van der Waals surface area contributed by atoms with Crippen molar-refractivity contribution in [3.05, 3.63) is 54.1 Å². The molecular formula is C20H19N3O3S. The molecule has 0 spiro atoms. The third-order valence-corrected chi connectivity index (χ3v) is 5.96. The number of fused-ring (bicyclic) bond motifs is 3. The predicted octanol–water partition coefficient (Wildman–Crippen LogP) is 2.96. The third-order valence-electron chi connectivity index (χ3n) is 5.23. The van der Waals surface area contributed by atoms with Crippen molar-refractivity contribution in [1.82, 2.24) is 4.90 Å². The third kappa shape index (κ3) is 2.53. The first-order valence-corrected chi connectivity index (χ1v) is 9.87. The summed E-state index contributed by atoms with van der Waals surface area (Å²) in [5.41, 5.74) is 0.220. The lowest BCUT2D eigenvalue weighted by molar-refractivity contribution is -0.128. The Hall–Kier alpha value is -2.80. The van der Waals surface area contributed by atoms with Gasteiger partial charge in [-0.05, 0) is 36.6 Å². The van der Waals surface area contributed by atoms with Crippen molar-refractivity contribution in [2.75, 3.05) is 23.5 Å². The fraction of sp³-hybridized carbons (Fsp3) is 0.250. The first kappa shape index (κ1) is 17.6. The van der Waals surface area contributed by atoms with Crippen LogP contribution in [0.4, 0.5) is 11.4 Å². The molecule has 2 aliphatic heterocycles. The number of nitrogens with zero attached hydrogens (tertiary/aromatic N) is 2. The van der Waals surface area contributed by atoms with Crippen molar-refractivity contribution in [2.24, 2.45) is 0 Å². The topological polar surface area (TPSA) is 69.7 Å². The molecule has 27 heavy (non-hydrogen) atoms. The number of benzene rings is 2. The summed E-state index contributed by atoms with van der Waals surface area (Å²) in [5, 5.41) is 2.91. The van der Waals surface area contributed by atoms with Gasteiger partial charge in [0.15, 0.2) is 0 Å². The molecule has 2 aliphatic rings. The summed E-state index contributed by atoms with van der Waals surface area (Å²) in [6, 6.07) is 14.4. The normalized spacial score (nSPS) is 21.1. The molecule has 3 amide bonds. The van der Waals surface area contributed by atoms with Gasteiger partial charge in [-0.2, -0.15) is 0 Å². The number of anilines is 2. The molecule has 138 valence electrons. The van der Waals surface area contributed by atoms with Crippen LogP contribution in [0.25, 0.3) is 0 Å². The molecule has 0 aromatic heterocycles. The van der Waals surface area contributed by atoms with Crippen LogP contribution in [0.15, 0.2) is 53.4 Å². The van der Waals surface area contributed by atoms with E-state index in [0.717, 1.165) is 4.90 Å². The summed E-state index contributed by atoms with van der Waals surface area (Å²) in [5.74, 6) is -0.795. The monoisotopic (exact) mass is 381 g/mol. The molecule has 7 heteroatoms. The maximum atomic E-state index is 13.4. The number of rotatable bonds is 3. The molecule has 0 unspecified atom stereocenters. The van der Waals surface area contributed by atoms with E-state index in [-0.39, 0.29) is 30.6 Å². The second kappa shape index (κ2) is 6.42. The SMILES string of the molecule is CSc1cccc(NC(=O)[C@@]23CCC(=O)N2c2ccccc2C(=O)N3C)c1. The van der Waals surface area contributed by atoms with Crippen LogP contribution in [0, 0.1) is 0 Å². The van der Waals surface area contributed by atoms with Gasteiger partial charge in [0.2, 0.25) is 11.6 Å². The van der Waals surface area contributed by atoms with Gasteiger partial charge in [0.1, 0.15) is 0 Å². The van der Waals surface area contributed by atoms with Crippen LogP contribution in [-0.4, -0.2) is 41.6 Å². The van der Waals surface area contributed by atoms with Gasteiger partial charge in [-0.3, -0.25) is 19.3 Å². The Balaban J connectivity index is 1.78. The molecule has 0 radical (unpaired) electrons. The van der Waals surface area contributed by atoms with Crippen molar-refractivity contribution in [2.45, 2.75) is 23.4 Å². The van der Waals surface area contributed by atoms with Gasteiger partial charge in [0.05, 0.1) is 11.3 Å². The van der Waals surface area contributed by atoms with Gasteiger partial charge in [0, 0.05) is 30.5 Å². The Kier molecular flexibility index (Phi) is 4.19. The smallest absolute Gasteiger partial charge is 0.271 e. The quantitative estimate of drug-likeness (QED) is 0.830. The summed E-state index contributed by atoms with van der Waals surface area (Å²) in [7, 11) is 1.59. The van der Waals surface area contributed by atoms with Gasteiger partial charge in [-0.1, -0.05) is 18.2 Å². The number of likely N-dealkylation sites (N-methyl/N-ethyl adjacent to an activating group) is 1. The Morgan fingerprint density at radius 2 is 1.93 bits per heavy atom. The average Bonchev–Trinajstić information content (AvgIpc) is 3.05. The van der Waals surface area contributed by atoms with E-state index < -0.39 is 5.66 Å². The van der Waals surface area contributed by atoms with Gasteiger partial charge in [-0.25, -0.2) is 0 Å². The molecule has 1 fully saturated rings. The molecule has 0 aliphatic carbocycles. The van der Waals surface area contributed by atoms with E-state index >= 15 is 0 Å². The second-order valence-corrected chi connectivity index (χ2v) is 7.49. The first-order chi connectivity index (χ1) is 13.0. The molecule has 2 aromatic rings. The predicted molar refractivity (Wildman–Crippen MR) is 105 cm³/mol. The maximum absolute atomic E-state index is 13.4. The lowest BCUT2D eigenvalue weighted by atomic mass is 9.96. The minimum atomic E-state index is -1.35. The van der Waals surface area contributed by atoms with Gasteiger partial charge >= 0.3 is 0 Å². The summed E-state index contributed by atoms with van der Waals surface area (Å²) in [6.07, 6.45) is 2.43. The molecular weight excluding hydrogens is 362 g/mol. The van der Waals surface area contributed by atoms with E-state index in [4.69, 9.17) is 0 Å². The van der Waals surface area contributed by atoms with Crippen molar-refractivity contribution >= 4 is 40.9 Å². The van der Waals surface area contributed by atoms with E-state index in [1.807, 2.05) is 24.5 Å². The maximum Gasteiger partial charge on any atom is 0.271 e. The number of para-hydroxylation sites is 1. The summed E-state index contributed by atoms with van der Waals surface area (Å²) in [6.45, 7) is 0. The molecule has 1 atom stereocenters. The van der Waals surface area contributed by atoms with E-state index in [1.54, 1.807) is 49.1 Å². The average molecular weight is 381 g/mol. The van der Waals surface area contributed by atoms with Gasteiger partial charge < -0.3 is 10.2 Å². The lowest BCUT2D eigenvalue weighted by Crippen LogP contribution is -2.68. The number of amides is 3.